The van der Waals surface area contributed by atoms with Crippen molar-refractivity contribution in [3.8, 4) is 6.07 Å². The van der Waals surface area contributed by atoms with Crippen LogP contribution in [0.3, 0.4) is 0 Å². The first-order valence-corrected chi connectivity index (χ1v) is 9.63. The van der Waals surface area contributed by atoms with Gasteiger partial charge in [0, 0.05) is 0 Å². The highest BCUT2D eigenvalue weighted by atomic mass is 32.1. The molecule has 2 heterocycles. The van der Waals surface area contributed by atoms with E-state index < -0.39 is 5.54 Å². The summed E-state index contributed by atoms with van der Waals surface area (Å²) in [5.74, 6) is 0.238. The van der Waals surface area contributed by atoms with Crippen LogP contribution < -0.4 is 5.32 Å². The Morgan fingerprint density at radius 1 is 1.40 bits per heavy atom. The summed E-state index contributed by atoms with van der Waals surface area (Å²) in [4.78, 5) is 17.1. The average Bonchev–Trinajstić information content (AvgIpc) is 3.05. The maximum absolute atomic E-state index is 12.6. The van der Waals surface area contributed by atoms with Crippen molar-refractivity contribution in [2.45, 2.75) is 56.5 Å². The minimum atomic E-state index is -0.524. The lowest BCUT2D eigenvalue weighted by Gasteiger charge is -2.29. The van der Waals surface area contributed by atoms with Crippen molar-refractivity contribution in [3.63, 3.8) is 0 Å². The number of carbonyl (C=O) groups is 1. The molecule has 2 aliphatic rings. The van der Waals surface area contributed by atoms with Crippen LogP contribution in [0.5, 0.6) is 0 Å². The molecule has 0 unspecified atom stereocenters. The van der Waals surface area contributed by atoms with Crippen LogP contribution in [-0.4, -0.2) is 25.9 Å². The minimum absolute atomic E-state index is 0.117. The summed E-state index contributed by atoms with van der Waals surface area (Å²) >= 11 is 1.33. The Morgan fingerprint density at radius 2 is 2.20 bits per heavy atom. The van der Waals surface area contributed by atoms with E-state index in [9.17, 15) is 10.1 Å². The van der Waals surface area contributed by atoms with E-state index in [2.05, 4.69) is 26.7 Å². The molecule has 4 rings (SSSR count). The summed E-state index contributed by atoms with van der Waals surface area (Å²) in [5, 5.41) is 21.0. The number of nitriles is 1. The van der Waals surface area contributed by atoms with Crippen LogP contribution >= 0.6 is 11.3 Å². The monoisotopic (exact) mass is 356 g/mol. The van der Waals surface area contributed by atoms with Crippen molar-refractivity contribution in [2.75, 3.05) is 0 Å². The van der Waals surface area contributed by atoms with Gasteiger partial charge in [-0.3, -0.25) is 9.78 Å². The molecule has 2 saturated carbocycles. The molecule has 2 aromatic heterocycles. The number of hydrogen-bond donors (Lipinski definition) is 1. The highest BCUT2D eigenvalue weighted by Gasteiger charge is 2.47. The first-order valence-electron chi connectivity index (χ1n) is 8.75. The summed E-state index contributed by atoms with van der Waals surface area (Å²) in [7, 11) is 0. The molecule has 7 nitrogen and oxygen atoms in total. The number of rotatable bonds is 5. The fourth-order valence-corrected chi connectivity index (χ4v) is 4.10. The molecule has 0 aromatic carbocycles. The lowest BCUT2D eigenvalue weighted by Crippen LogP contribution is -2.34. The van der Waals surface area contributed by atoms with Gasteiger partial charge in [-0.05, 0) is 31.6 Å². The third kappa shape index (κ3) is 3.16. The number of amides is 1. The highest BCUT2D eigenvalue weighted by Crippen LogP contribution is 2.42. The van der Waals surface area contributed by atoms with Crippen LogP contribution in [0.25, 0.3) is 0 Å². The van der Waals surface area contributed by atoms with E-state index in [4.69, 9.17) is 0 Å². The Balaban J connectivity index is 1.59. The molecule has 0 spiro atoms. The topological polar surface area (TPSA) is 96.5 Å². The molecule has 1 N–H and O–H groups in total. The second-order valence-electron chi connectivity index (χ2n) is 6.95. The molecule has 130 valence electrons. The molecule has 1 amide bonds. The molecule has 0 aliphatic heterocycles. The van der Waals surface area contributed by atoms with E-state index in [0.29, 0.717) is 10.8 Å². The SMILES string of the molecule is N#CC1(n2cc([C@H](NC(=O)c3cncs3)C3CCCCC3)nn2)CC1. The number of nitrogens with one attached hydrogen (secondary N) is 1. The summed E-state index contributed by atoms with van der Waals surface area (Å²) in [5.41, 5.74) is 1.89. The molecule has 2 aromatic rings. The Morgan fingerprint density at radius 3 is 2.84 bits per heavy atom. The third-order valence-corrected chi connectivity index (χ3v) is 6.04. The zero-order valence-electron chi connectivity index (χ0n) is 13.9. The van der Waals surface area contributed by atoms with Crippen LogP contribution in [0.1, 0.15) is 66.4 Å². The van der Waals surface area contributed by atoms with Gasteiger partial charge in [0.1, 0.15) is 10.6 Å². The molecule has 8 heteroatoms. The fraction of sp³-hybridized carbons (Fsp3) is 0.588. The van der Waals surface area contributed by atoms with Crippen LogP contribution in [-0.2, 0) is 5.54 Å². The van der Waals surface area contributed by atoms with Gasteiger partial charge in [-0.2, -0.15) is 5.26 Å². The van der Waals surface area contributed by atoms with Gasteiger partial charge < -0.3 is 5.32 Å². The largest absolute Gasteiger partial charge is 0.342 e. The van der Waals surface area contributed by atoms with Gasteiger partial charge in [-0.15, -0.1) is 16.4 Å². The molecule has 0 radical (unpaired) electrons. The van der Waals surface area contributed by atoms with Crippen molar-refractivity contribution in [2.24, 2.45) is 5.92 Å². The second kappa shape index (κ2) is 6.56. The maximum atomic E-state index is 12.6. The quantitative estimate of drug-likeness (QED) is 0.888. The molecule has 2 fully saturated rings. The van der Waals surface area contributed by atoms with E-state index in [-0.39, 0.29) is 11.9 Å². The van der Waals surface area contributed by atoms with Crippen molar-refractivity contribution in [1.82, 2.24) is 25.3 Å². The van der Waals surface area contributed by atoms with Gasteiger partial charge >= 0.3 is 0 Å². The van der Waals surface area contributed by atoms with Crippen LogP contribution in [0.2, 0.25) is 0 Å². The fourth-order valence-electron chi connectivity index (χ4n) is 3.58. The Bertz CT molecular complexity index is 782. The lowest BCUT2D eigenvalue weighted by molar-refractivity contribution is 0.0915. The van der Waals surface area contributed by atoms with Crippen LogP contribution in [0, 0.1) is 17.2 Å². The first kappa shape index (κ1) is 16.2. The van der Waals surface area contributed by atoms with Crippen LogP contribution in [0.4, 0.5) is 0 Å². The number of hydrogen-bond acceptors (Lipinski definition) is 6. The molecular formula is C17H20N6OS. The summed E-state index contributed by atoms with van der Waals surface area (Å²) in [6, 6.07) is 2.16. The summed E-state index contributed by atoms with van der Waals surface area (Å²) in [6.45, 7) is 0. The van der Waals surface area contributed by atoms with Gasteiger partial charge in [-0.25, -0.2) is 4.68 Å². The minimum Gasteiger partial charge on any atom is -0.342 e. The highest BCUT2D eigenvalue weighted by molar-refractivity contribution is 7.11. The average molecular weight is 356 g/mol. The molecule has 0 saturated heterocycles. The Hall–Kier alpha value is -2.27. The van der Waals surface area contributed by atoms with E-state index in [1.807, 2.05) is 6.20 Å². The van der Waals surface area contributed by atoms with E-state index >= 15 is 0 Å². The molecule has 0 bridgehead atoms. The standard InChI is InChI=1S/C17H20N6OS/c18-10-17(6-7-17)23-9-13(21-22-23)15(12-4-2-1-3-5-12)20-16(24)14-8-19-11-25-14/h8-9,11-12,15H,1-7H2,(H,20,24)/t15-/m1/s1. The smallest absolute Gasteiger partial charge is 0.263 e. The van der Waals surface area contributed by atoms with Crippen molar-refractivity contribution < 1.29 is 4.79 Å². The van der Waals surface area contributed by atoms with Gasteiger partial charge in [0.2, 0.25) is 0 Å². The first-order chi connectivity index (χ1) is 12.2. The summed E-state index contributed by atoms with van der Waals surface area (Å²) < 4.78 is 1.68. The van der Waals surface area contributed by atoms with Gasteiger partial charge in [0.25, 0.3) is 5.91 Å². The number of nitrogens with zero attached hydrogens (tertiary/aromatic N) is 5. The second-order valence-corrected chi connectivity index (χ2v) is 7.83. The predicted molar refractivity (Wildman–Crippen MR) is 91.7 cm³/mol. The molecular weight excluding hydrogens is 336 g/mol. The van der Waals surface area contributed by atoms with Crippen molar-refractivity contribution in [1.29, 1.82) is 5.26 Å². The normalized spacial score (nSPS) is 20.6. The van der Waals surface area contributed by atoms with E-state index in [1.165, 1.54) is 30.6 Å². The zero-order valence-corrected chi connectivity index (χ0v) is 14.7. The lowest BCUT2D eigenvalue weighted by atomic mass is 9.82. The van der Waals surface area contributed by atoms with E-state index in [0.717, 1.165) is 31.4 Å². The maximum Gasteiger partial charge on any atom is 0.263 e. The zero-order chi connectivity index (χ0) is 17.3. The molecule has 25 heavy (non-hydrogen) atoms. The van der Waals surface area contributed by atoms with Gasteiger partial charge in [0.15, 0.2) is 5.54 Å². The number of aromatic nitrogens is 4. The Kier molecular flexibility index (Phi) is 4.25. The van der Waals surface area contributed by atoms with Crippen molar-refractivity contribution >= 4 is 17.2 Å². The van der Waals surface area contributed by atoms with Crippen molar-refractivity contribution in [3.05, 3.63) is 28.5 Å². The van der Waals surface area contributed by atoms with E-state index in [1.54, 1.807) is 16.4 Å². The van der Waals surface area contributed by atoms with Gasteiger partial charge in [0.05, 0.1) is 30.0 Å². The number of thiazole rings is 1. The molecule has 1 atom stereocenters. The molecule has 2 aliphatic carbocycles. The summed E-state index contributed by atoms with van der Waals surface area (Å²) in [6.07, 6.45) is 10.8. The Labute approximate surface area is 150 Å². The number of carbonyl (C=O) groups excluding carboxylic acids is 1. The predicted octanol–water partition coefficient (Wildman–Crippen LogP) is 2.80. The van der Waals surface area contributed by atoms with Crippen LogP contribution in [0.15, 0.2) is 17.9 Å². The van der Waals surface area contributed by atoms with Gasteiger partial charge in [-0.1, -0.05) is 24.5 Å². The third-order valence-electron chi connectivity index (χ3n) is 5.26.